The lowest BCUT2D eigenvalue weighted by Crippen LogP contribution is -2.53. The van der Waals surface area contributed by atoms with E-state index in [4.69, 9.17) is 0 Å². The normalized spacial score (nSPS) is 21.1. The Hall–Kier alpha value is -2.38. The lowest BCUT2D eigenvalue weighted by Gasteiger charge is -2.45. The van der Waals surface area contributed by atoms with E-state index in [9.17, 15) is 0 Å². The van der Waals surface area contributed by atoms with Gasteiger partial charge >= 0.3 is 0 Å². The molecule has 4 rings (SSSR count). The fourth-order valence-corrected chi connectivity index (χ4v) is 5.90. The van der Waals surface area contributed by atoms with Gasteiger partial charge in [-0.1, -0.05) is 120 Å². The summed E-state index contributed by atoms with van der Waals surface area (Å²) in [5.41, 5.74) is 7.71. The predicted molar refractivity (Wildman–Crippen MR) is 151 cm³/mol. The molecule has 2 atom stereocenters. The summed E-state index contributed by atoms with van der Waals surface area (Å²) >= 11 is 0. The molecule has 1 aliphatic heterocycles. The Morgan fingerprint density at radius 3 is 1.63 bits per heavy atom. The van der Waals surface area contributed by atoms with Gasteiger partial charge in [-0.05, 0) is 46.8 Å². The van der Waals surface area contributed by atoms with Gasteiger partial charge in [-0.15, -0.1) is 0 Å². The fraction of sp³-hybridized carbons (Fsp3) is 0.471. The van der Waals surface area contributed by atoms with Crippen LogP contribution in [0.1, 0.15) is 82.2 Å². The first-order chi connectivity index (χ1) is 16.5. The molecule has 186 valence electrons. The van der Waals surface area contributed by atoms with Gasteiger partial charge in [-0.25, -0.2) is 0 Å². The van der Waals surface area contributed by atoms with Crippen molar-refractivity contribution in [2.45, 2.75) is 84.7 Å². The lowest BCUT2D eigenvalue weighted by atomic mass is 9.84. The second-order valence-electron chi connectivity index (χ2n) is 13.2. The van der Waals surface area contributed by atoms with E-state index in [2.05, 4.69) is 120 Å². The zero-order chi connectivity index (χ0) is 25.1. The summed E-state index contributed by atoms with van der Waals surface area (Å²) in [6.07, 6.45) is 3.86. The largest absolute Gasteiger partial charge is 0.316 e. The minimum absolute atomic E-state index is 0.202. The molecule has 1 saturated heterocycles. The minimum atomic E-state index is 0.202. The van der Waals surface area contributed by atoms with Crippen molar-refractivity contribution in [2.24, 2.45) is 5.92 Å². The highest BCUT2D eigenvalue weighted by molar-refractivity contribution is 5.28. The molecule has 1 heterocycles. The molecule has 0 radical (unpaired) electrons. The van der Waals surface area contributed by atoms with E-state index in [1.54, 1.807) is 0 Å². The highest BCUT2D eigenvalue weighted by atomic mass is 15.4. The third-order valence-electron chi connectivity index (χ3n) is 7.93. The van der Waals surface area contributed by atoms with Gasteiger partial charge in [0.1, 0.15) is 13.1 Å². The topological polar surface area (TPSA) is 0 Å². The van der Waals surface area contributed by atoms with Gasteiger partial charge in [0.05, 0.1) is 13.1 Å². The quantitative estimate of drug-likeness (QED) is 0.318. The van der Waals surface area contributed by atoms with Crippen molar-refractivity contribution >= 4 is 0 Å². The molecule has 0 aromatic heterocycles. The summed E-state index contributed by atoms with van der Waals surface area (Å²) in [6, 6.07) is 30.1. The Morgan fingerprint density at radius 2 is 1.11 bits per heavy atom. The molecule has 3 aromatic carbocycles. The summed E-state index contributed by atoms with van der Waals surface area (Å²) in [6.45, 7) is 18.6. The smallest absolute Gasteiger partial charge is 0.105 e. The first-order valence-corrected chi connectivity index (χ1v) is 13.6. The molecule has 0 saturated carbocycles. The van der Waals surface area contributed by atoms with Gasteiger partial charge in [0.25, 0.3) is 0 Å². The summed E-state index contributed by atoms with van der Waals surface area (Å²) in [5.74, 6) is 0.738. The molecule has 0 N–H and O–H groups in total. The molecule has 1 aliphatic rings. The first-order valence-electron chi connectivity index (χ1n) is 13.6. The number of hydrogen-bond acceptors (Lipinski definition) is 0. The number of quaternary nitrogens is 1. The van der Waals surface area contributed by atoms with Crippen LogP contribution in [0, 0.1) is 5.92 Å². The van der Waals surface area contributed by atoms with Crippen molar-refractivity contribution in [1.29, 1.82) is 0 Å². The Labute approximate surface area is 214 Å². The van der Waals surface area contributed by atoms with Crippen molar-refractivity contribution in [3.63, 3.8) is 0 Å². The Morgan fingerprint density at radius 1 is 0.629 bits per heavy atom. The minimum Gasteiger partial charge on any atom is -0.316 e. The molecule has 0 amide bonds. The van der Waals surface area contributed by atoms with Crippen molar-refractivity contribution in [3.05, 3.63) is 107 Å². The Balaban J connectivity index is 1.54. The van der Waals surface area contributed by atoms with Crippen molar-refractivity contribution in [3.8, 4) is 0 Å². The molecule has 1 nitrogen and oxygen atoms in total. The molecule has 0 aliphatic carbocycles. The van der Waals surface area contributed by atoms with Crippen LogP contribution in [-0.2, 0) is 30.3 Å². The first kappa shape index (κ1) is 25.7. The number of benzene rings is 3. The van der Waals surface area contributed by atoms with Gasteiger partial charge in [0.2, 0.25) is 0 Å². The van der Waals surface area contributed by atoms with Crippen LogP contribution in [-0.4, -0.2) is 17.6 Å². The Bertz CT molecular complexity index is 1060. The highest BCUT2D eigenvalue weighted by Gasteiger charge is 2.35. The standard InChI is InChI=1S/C34H46N/c1-33(2,3)31-18-14-27(15-19-31)23-30-13-10-22-35(26-30,24-28-11-8-7-9-12-28)25-29-16-20-32(21-17-29)34(4,5)6/h7-9,11-12,14-21,30H,10,13,22-26H2,1-6H3/q+1/t30-,35?/m1/s1. The average Bonchev–Trinajstić information content (AvgIpc) is 2.79. The van der Waals surface area contributed by atoms with Gasteiger partial charge in [-0.2, -0.15) is 0 Å². The maximum atomic E-state index is 2.39. The van der Waals surface area contributed by atoms with E-state index in [-0.39, 0.29) is 10.8 Å². The fourth-order valence-electron chi connectivity index (χ4n) is 5.90. The van der Waals surface area contributed by atoms with E-state index in [0.29, 0.717) is 0 Å². The molecule has 1 unspecified atom stereocenters. The van der Waals surface area contributed by atoms with Gasteiger partial charge < -0.3 is 4.48 Å². The molecule has 0 spiro atoms. The number of hydrogen-bond donors (Lipinski definition) is 0. The van der Waals surface area contributed by atoms with Crippen molar-refractivity contribution < 1.29 is 4.48 Å². The summed E-state index contributed by atoms with van der Waals surface area (Å²) in [7, 11) is 0. The van der Waals surface area contributed by atoms with Crippen molar-refractivity contribution in [2.75, 3.05) is 13.1 Å². The number of likely N-dealkylation sites (tertiary alicyclic amines) is 1. The van der Waals surface area contributed by atoms with Gasteiger partial charge in [0, 0.05) is 17.0 Å². The molecule has 1 heteroatoms. The molecule has 3 aromatic rings. The lowest BCUT2D eigenvalue weighted by molar-refractivity contribution is -0.961. The zero-order valence-corrected chi connectivity index (χ0v) is 23.0. The van der Waals surface area contributed by atoms with Gasteiger partial charge in [0.15, 0.2) is 0 Å². The zero-order valence-electron chi connectivity index (χ0n) is 23.0. The third kappa shape index (κ3) is 6.85. The second-order valence-corrected chi connectivity index (χ2v) is 13.2. The van der Waals surface area contributed by atoms with Crippen LogP contribution in [0.4, 0.5) is 0 Å². The maximum Gasteiger partial charge on any atom is 0.105 e. The summed E-state index contributed by atoms with van der Waals surface area (Å²) < 4.78 is 1.17. The van der Waals surface area contributed by atoms with Crippen LogP contribution in [0.15, 0.2) is 78.9 Å². The monoisotopic (exact) mass is 468 g/mol. The molecule has 1 fully saturated rings. The predicted octanol–water partition coefficient (Wildman–Crippen LogP) is 8.45. The Kier molecular flexibility index (Phi) is 7.57. The molecular weight excluding hydrogens is 422 g/mol. The van der Waals surface area contributed by atoms with Crippen LogP contribution in [0.25, 0.3) is 0 Å². The van der Waals surface area contributed by atoms with E-state index in [1.165, 1.54) is 64.7 Å². The number of rotatable bonds is 6. The van der Waals surface area contributed by atoms with Crippen LogP contribution in [0.3, 0.4) is 0 Å². The van der Waals surface area contributed by atoms with Crippen LogP contribution in [0.2, 0.25) is 0 Å². The van der Waals surface area contributed by atoms with E-state index in [1.807, 2.05) is 0 Å². The van der Waals surface area contributed by atoms with E-state index >= 15 is 0 Å². The van der Waals surface area contributed by atoms with E-state index < -0.39 is 0 Å². The van der Waals surface area contributed by atoms with Crippen LogP contribution < -0.4 is 0 Å². The average molecular weight is 469 g/mol. The maximum absolute atomic E-state index is 2.39. The third-order valence-corrected chi connectivity index (χ3v) is 7.93. The molecule has 35 heavy (non-hydrogen) atoms. The summed E-state index contributed by atoms with van der Waals surface area (Å²) in [4.78, 5) is 0. The summed E-state index contributed by atoms with van der Waals surface area (Å²) in [5, 5.41) is 0. The SMILES string of the molecule is CC(C)(C)c1ccc(C[C@H]2CCC[N+](Cc3ccccc3)(Cc3ccc(C(C)(C)C)cc3)C2)cc1. The molecule has 0 bridgehead atoms. The second kappa shape index (κ2) is 10.3. The van der Waals surface area contributed by atoms with E-state index in [0.717, 1.165) is 19.0 Å². The number of piperidine rings is 1. The highest BCUT2D eigenvalue weighted by Crippen LogP contribution is 2.32. The van der Waals surface area contributed by atoms with Crippen molar-refractivity contribution in [1.82, 2.24) is 0 Å². The number of nitrogens with zero attached hydrogens (tertiary/aromatic N) is 1. The van der Waals surface area contributed by atoms with Crippen LogP contribution in [0.5, 0.6) is 0 Å². The van der Waals surface area contributed by atoms with Gasteiger partial charge in [-0.3, -0.25) is 0 Å². The van der Waals surface area contributed by atoms with Crippen LogP contribution >= 0.6 is 0 Å². The molecular formula is C34H46N+.